The lowest BCUT2D eigenvalue weighted by Gasteiger charge is -2.37. The van der Waals surface area contributed by atoms with Crippen molar-refractivity contribution in [2.24, 2.45) is 0 Å². The summed E-state index contributed by atoms with van der Waals surface area (Å²) >= 11 is 0. The minimum absolute atomic E-state index is 0.451. The molecule has 2 heteroatoms. The highest BCUT2D eigenvalue weighted by atomic mass is 16.3. The molecule has 1 fully saturated rings. The highest BCUT2D eigenvalue weighted by Gasteiger charge is 2.29. The third-order valence-corrected chi connectivity index (χ3v) is 2.76. The van der Waals surface area contributed by atoms with Gasteiger partial charge in [0.1, 0.15) is 0 Å². The Labute approximate surface area is 74.9 Å². The maximum absolute atomic E-state index is 9.99. The lowest BCUT2D eigenvalue weighted by Crippen LogP contribution is -2.43. The SMILES string of the molecule is C=CCC1(O)CCN(CC)CC1. The second kappa shape index (κ2) is 4.06. The lowest BCUT2D eigenvalue weighted by molar-refractivity contribution is -0.0172. The Hall–Kier alpha value is -0.340. The van der Waals surface area contributed by atoms with Crippen molar-refractivity contribution in [3.63, 3.8) is 0 Å². The monoisotopic (exact) mass is 169 g/mol. The third kappa shape index (κ3) is 2.32. The number of nitrogens with zero attached hydrogens (tertiary/aromatic N) is 1. The van der Waals surface area contributed by atoms with E-state index in [0.717, 1.165) is 38.9 Å². The molecule has 0 atom stereocenters. The molecule has 12 heavy (non-hydrogen) atoms. The van der Waals surface area contributed by atoms with Crippen molar-refractivity contribution in [2.45, 2.75) is 31.8 Å². The Bertz CT molecular complexity index is 148. The first-order chi connectivity index (χ1) is 5.70. The molecular formula is C10H19NO. The van der Waals surface area contributed by atoms with E-state index in [1.807, 2.05) is 6.08 Å². The predicted octanol–water partition coefficient (Wildman–Crippen LogP) is 1.41. The molecule has 0 aromatic heterocycles. The Morgan fingerprint density at radius 3 is 2.50 bits per heavy atom. The van der Waals surface area contributed by atoms with Gasteiger partial charge in [-0.2, -0.15) is 0 Å². The van der Waals surface area contributed by atoms with E-state index in [0.29, 0.717) is 0 Å². The zero-order chi connectivity index (χ0) is 9.03. The van der Waals surface area contributed by atoms with Gasteiger partial charge in [-0.05, 0) is 25.8 Å². The first-order valence-electron chi connectivity index (χ1n) is 4.76. The maximum Gasteiger partial charge on any atom is 0.0706 e. The molecule has 0 saturated carbocycles. The van der Waals surface area contributed by atoms with Gasteiger partial charge in [-0.3, -0.25) is 0 Å². The fourth-order valence-electron chi connectivity index (χ4n) is 1.76. The molecular weight excluding hydrogens is 150 g/mol. The number of rotatable bonds is 3. The molecule has 0 aromatic carbocycles. The van der Waals surface area contributed by atoms with Gasteiger partial charge in [0.2, 0.25) is 0 Å². The average molecular weight is 169 g/mol. The van der Waals surface area contributed by atoms with Crippen molar-refractivity contribution in [3.05, 3.63) is 12.7 Å². The number of piperidine rings is 1. The molecule has 0 aliphatic carbocycles. The van der Waals surface area contributed by atoms with Crippen LogP contribution in [0.1, 0.15) is 26.2 Å². The minimum atomic E-state index is -0.451. The molecule has 1 aliphatic heterocycles. The molecule has 1 heterocycles. The summed E-state index contributed by atoms with van der Waals surface area (Å²) in [5.41, 5.74) is -0.451. The highest BCUT2D eigenvalue weighted by Crippen LogP contribution is 2.25. The largest absolute Gasteiger partial charge is 0.389 e. The molecule has 1 rings (SSSR count). The average Bonchev–Trinajstić information content (AvgIpc) is 2.06. The van der Waals surface area contributed by atoms with E-state index < -0.39 is 5.60 Å². The van der Waals surface area contributed by atoms with Crippen LogP contribution in [-0.2, 0) is 0 Å². The van der Waals surface area contributed by atoms with Crippen LogP contribution in [0.4, 0.5) is 0 Å². The van der Waals surface area contributed by atoms with Gasteiger partial charge in [0.05, 0.1) is 5.60 Å². The van der Waals surface area contributed by atoms with Crippen LogP contribution in [0.25, 0.3) is 0 Å². The van der Waals surface area contributed by atoms with Gasteiger partial charge in [0.15, 0.2) is 0 Å². The molecule has 1 aliphatic rings. The minimum Gasteiger partial charge on any atom is -0.389 e. The molecule has 0 radical (unpaired) electrons. The van der Waals surface area contributed by atoms with Crippen LogP contribution < -0.4 is 0 Å². The van der Waals surface area contributed by atoms with Gasteiger partial charge in [0.25, 0.3) is 0 Å². The van der Waals surface area contributed by atoms with E-state index in [2.05, 4.69) is 18.4 Å². The Morgan fingerprint density at radius 2 is 2.08 bits per heavy atom. The van der Waals surface area contributed by atoms with Crippen molar-refractivity contribution in [2.75, 3.05) is 19.6 Å². The molecule has 0 bridgehead atoms. The number of hydrogen-bond donors (Lipinski definition) is 1. The number of aliphatic hydroxyl groups is 1. The summed E-state index contributed by atoms with van der Waals surface area (Å²) in [7, 11) is 0. The molecule has 70 valence electrons. The summed E-state index contributed by atoms with van der Waals surface area (Å²) in [6.45, 7) is 8.99. The van der Waals surface area contributed by atoms with Crippen molar-refractivity contribution < 1.29 is 5.11 Å². The lowest BCUT2D eigenvalue weighted by atomic mass is 9.88. The Kier molecular flexibility index (Phi) is 3.29. The second-order valence-electron chi connectivity index (χ2n) is 3.65. The summed E-state index contributed by atoms with van der Waals surface area (Å²) in [6, 6.07) is 0. The van der Waals surface area contributed by atoms with E-state index in [-0.39, 0.29) is 0 Å². The van der Waals surface area contributed by atoms with Gasteiger partial charge >= 0.3 is 0 Å². The number of hydrogen-bond acceptors (Lipinski definition) is 2. The van der Waals surface area contributed by atoms with Crippen molar-refractivity contribution in [1.82, 2.24) is 4.90 Å². The van der Waals surface area contributed by atoms with Crippen molar-refractivity contribution in [3.8, 4) is 0 Å². The van der Waals surface area contributed by atoms with E-state index in [4.69, 9.17) is 0 Å². The normalized spacial score (nSPS) is 23.8. The topological polar surface area (TPSA) is 23.5 Å². The van der Waals surface area contributed by atoms with Gasteiger partial charge in [0, 0.05) is 13.1 Å². The Balaban J connectivity index is 2.38. The van der Waals surface area contributed by atoms with E-state index in [1.165, 1.54) is 0 Å². The van der Waals surface area contributed by atoms with Crippen LogP contribution in [0.5, 0.6) is 0 Å². The zero-order valence-corrected chi connectivity index (χ0v) is 7.92. The number of likely N-dealkylation sites (tertiary alicyclic amines) is 1. The highest BCUT2D eigenvalue weighted by molar-refractivity contribution is 4.90. The van der Waals surface area contributed by atoms with Crippen molar-refractivity contribution in [1.29, 1.82) is 0 Å². The van der Waals surface area contributed by atoms with Crippen LogP contribution in [0.3, 0.4) is 0 Å². The summed E-state index contributed by atoms with van der Waals surface area (Å²) < 4.78 is 0. The fraction of sp³-hybridized carbons (Fsp3) is 0.800. The van der Waals surface area contributed by atoms with Crippen molar-refractivity contribution >= 4 is 0 Å². The van der Waals surface area contributed by atoms with Crippen LogP contribution in [-0.4, -0.2) is 35.2 Å². The van der Waals surface area contributed by atoms with Gasteiger partial charge in [-0.1, -0.05) is 13.0 Å². The van der Waals surface area contributed by atoms with E-state index in [1.54, 1.807) is 0 Å². The molecule has 1 saturated heterocycles. The van der Waals surface area contributed by atoms with Gasteiger partial charge in [-0.15, -0.1) is 6.58 Å². The van der Waals surface area contributed by atoms with Crippen LogP contribution in [0, 0.1) is 0 Å². The molecule has 0 spiro atoms. The van der Waals surface area contributed by atoms with Crippen LogP contribution in [0.2, 0.25) is 0 Å². The molecule has 0 aromatic rings. The molecule has 0 amide bonds. The van der Waals surface area contributed by atoms with Gasteiger partial charge in [-0.25, -0.2) is 0 Å². The summed E-state index contributed by atoms with van der Waals surface area (Å²) in [6.07, 6.45) is 4.35. The third-order valence-electron chi connectivity index (χ3n) is 2.76. The summed E-state index contributed by atoms with van der Waals surface area (Å²) in [5.74, 6) is 0. The molecule has 1 N–H and O–H groups in total. The Morgan fingerprint density at radius 1 is 1.50 bits per heavy atom. The van der Waals surface area contributed by atoms with Crippen LogP contribution >= 0.6 is 0 Å². The first kappa shape index (κ1) is 9.75. The maximum atomic E-state index is 9.99. The van der Waals surface area contributed by atoms with E-state index >= 15 is 0 Å². The summed E-state index contributed by atoms with van der Waals surface area (Å²) in [4.78, 5) is 2.37. The van der Waals surface area contributed by atoms with E-state index in [9.17, 15) is 5.11 Å². The van der Waals surface area contributed by atoms with Gasteiger partial charge < -0.3 is 10.0 Å². The second-order valence-corrected chi connectivity index (χ2v) is 3.65. The quantitative estimate of drug-likeness (QED) is 0.646. The zero-order valence-electron chi connectivity index (χ0n) is 7.92. The standard InChI is InChI=1S/C10H19NO/c1-3-5-10(12)6-8-11(4-2)9-7-10/h3,12H,1,4-9H2,2H3. The fourth-order valence-corrected chi connectivity index (χ4v) is 1.76. The molecule has 2 nitrogen and oxygen atoms in total. The van der Waals surface area contributed by atoms with Crippen LogP contribution in [0.15, 0.2) is 12.7 Å². The molecule has 0 unspecified atom stereocenters. The smallest absolute Gasteiger partial charge is 0.0706 e. The first-order valence-corrected chi connectivity index (χ1v) is 4.76. The summed E-state index contributed by atoms with van der Waals surface area (Å²) in [5, 5.41) is 9.99. The predicted molar refractivity (Wildman–Crippen MR) is 51.1 cm³/mol.